The Kier molecular flexibility index (Phi) is 14.0. The molecule has 0 aliphatic carbocycles. The quantitative estimate of drug-likeness (QED) is 0.110. The molecule has 0 radical (unpaired) electrons. The van der Waals surface area contributed by atoms with Crippen LogP contribution in [0.3, 0.4) is 0 Å². The second-order valence-electron chi connectivity index (χ2n) is 16.9. The van der Waals surface area contributed by atoms with Gasteiger partial charge in [0.15, 0.2) is 24.8 Å². The minimum absolute atomic E-state index is 0.0556. The second-order valence-corrected chi connectivity index (χ2v) is 17.7. The molecule has 66 heavy (non-hydrogen) atoms. The molecule has 18 nitrogen and oxygen atoms in total. The molecule has 0 amide bonds. The van der Waals surface area contributed by atoms with Gasteiger partial charge in [0.05, 0.1) is 54.2 Å². The molecule has 346 valence electrons. The van der Waals surface area contributed by atoms with Gasteiger partial charge in [-0.1, -0.05) is 0 Å². The number of benzene rings is 2. The molecule has 0 fully saturated rings. The SMILES string of the molecule is COC(=O)c1cn(COC(=O)C(C)(C)C)c2ncc(-c3nn(C)c4cc(F)ccc34)nc12.COC(=O)c1cn(COC(=O)C(C)(C)C)c2ncc(Br)nc12.Cc1nn(C)c2cc(F)ccc12. The molecule has 6 heterocycles. The first-order chi connectivity index (χ1) is 31.0. The Morgan fingerprint density at radius 2 is 1.12 bits per heavy atom. The molecule has 2 aromatic carbocycles. The van der Waals surface area contributed by atoms with Crippen molar-refractivity contribution in [2.75, 3.05) is 14.2 Å². The number of methoxy groups -OCH3 is 2. The summed E-state index contributed by atoms with van der Waals surface area (Å²) in [6.07, 6.45) is 6.02. The van der Waals surface area contributed by atoms with Crippen molar-refractivity contribution in [3.8, 4) is 11.4 Å². The van der Waals surface area contributed by atoms with Crippen LogP contribution >= 0.6 is 15.9 Å². The van der Waals surface area contributed by atoms with Crippen LogP contribution in [-0.4, -0.2) is 86.7 Å². The van der Waals surface area contributed by atoms with Gasteiger partial charge < -0.3 is 18.9 Å². The third-order valence-corrected chi connectivity index (χ3v) is 10.2. The summed E-state index contributed by atoms with van der Waals surface area (Å²) in [5.74, 6) is -2.46. The third-order valence-electron chi connectivity index (χ3n) is 9.86. The minimum Gasteiger partial charge on any atom is -0.465 e. The average Bonchev–Trinajstić information content (AvgIpc) is 4.00. The van der Waals surface area contributed by atoms with Gasteiger partial charge in [0.25, 0.3) is 0 Å². The zero-order valence-corrected chi connectivity index (χ0v) is 39.6. The van der Waals surface area contributed by atoms with Crippen molar-refractivity contribution in [2.24, 2.45) is 24.9 Å². The number of esters is 4. The van der Waals surface area contributed by atoms with Gasteiger partial charge in [0, 0.05) is 37.3 Å². The van der Waals surface area contributed by atoms with Crippen molar-refractivity contribution in [1.29, 1.82) is 0 Å². The Bertz CT molecular complexity index is 3160. The first-order valence-electron chi connectivity index (χ1n) is 20.1. The highest BCUT2D eigenvalue weighted by atomic mass is 79.9. The molecule has 0 spiro atoms. The molecule has 0 bridgehead atoms. The smallest absolute Gasteiger partial charge is 0.341 e. The number of rotatable bonds is 7. The van der Waals surface area contributed by atoms with Gasteiger partial charge in [-0.2, -0.15) is 10.2 Å². The van der Waals surface area contributed by atoms with Gasteiger partial charge in [-0.15, -0.1) is 0 Å². The van der Waals surface area contributed by atoms with Gasteiger partial charge in [-0.3, -0.25) is 28.1 Å². The molecule has 8 aromatic rings. The van der Waals surface area contributed by atoms with Gasteiger partial charge in [-0.05, 0) is 101 Å². The summed E-state index contributed by atoms with van der Waals surface area (Å²) in [5, 5.41) is 10.3. The molecule has 0 N–H and O–H groups in total. The van der Waals surface area contributed by atoms with Crippen LogP contribution in [0.4, 0.5) is 8.78 Å². The predicted molar refractivity (Wildman–Crippen MR) is 242 cm³/mol. The molecule has 6 aromatic heterocycles. The number of ether oxygens (including phenoxy) is 4. The minimum atomic E-state index is -0.674. The Balaban J connectivity index is 0.000000182. The van der Waals surface area contributed by atoms with Crippen molar-refractivity contribution in [1.82, 2.24) is 48.6 Å². The van der Waals surface area contributed by atoms with Gasteiger partial charge >= 0.3 is 23.9 Å². The summed E-state index contributed by atoms with van der Waals surface area (Å²) < 4.78 is 53.5. The number of hydrogen-bond acceptors (Lipinski definition) is 14. The summed E-state index contributed by atoms with van der Waals surface area (Å²) in [6.45, 7) is 12.3. The van der Waals surface area contributed by atoms with Crippen LogP contribution in [-0.2, 0) is 56.1 Å². The van der Waals surface area contributed by atoms with Gasteiger partial charge in [-0.25, -0.2) is 38.3 Å². The first kappa shape index (κ1) is 48.3. The third kappa shape index (κ3) is 10.4. The molecule has 0 aliphatic heterocycles. The molecular formula is C45H47BrF2N10O8. The number of carbonyl (C=O) groups excluding carboxylic acids is 4. The van der Waals surface area contributed by atoms with Crippen LogP contribution in [0.25, 0.3) is 55.5 Å². The lowest BCUT2D eigenvalue weighted by Crippen LogP contribution is -2.24. The van der Waals surface area contributed by atoms with Crippen molar-refractivity contribution in [3.05, 3.63) is 94.2 Å². The number of halogens is 3. The fourth-order valence-electron chi connectivity index (χ4n) is 6.43. The van der Waals surface area contributed by atoms with Crippen LogP contribution in [0, 0.1) is 29.4 Å². The molecule has 0 saturated heterocycles. The Hall–Kier alpha value is -7.16. The van der Waals surface area contributed by atoms with Gasteiger partial charge in [0.2, 0.25) is 0 Å². The van der Waals surface area contributed by atoms with E-state index in [-0.39, 0.29) is 47.7 Å². The van der Waals surface area contributed by atoms with Crippen LogP contribution in [0.15, 0.2) is 65.8 Å². The zero-order chi connectivity index (χ0) is 48.4. The van der Waals surface area contributed by atoms with Gasteiger partial charge in [0.1, 0.15) is 49.8 Å². The van der Waals surface area contributed by atoms with E-state index in [0.717, 1.165) is 16.6 Å². The van der Waals surface area contributed by atoms with Crippen LogP contribution in [0.1, 0.15) is 68.0 Å². The summed E-state index contributed by atoms with van der Waals surface area (Å²) in [5.41, 5.74) is 3.89. The number of nitrogens with zero attached hydrogens (tertiary/aromatic N) is 10. The van der Waals surface area contributed by atoms with E-state index in [2.05, 4.69) is 46.1 Å². The molecule has 0 atom stereocenters. The molecule has 0 aliphatic rings. The summed E-state index contributed by atoms with van der Waals surface area (Å²) >= 11 is 3.21. The predicted octanol–water partition coefficient (Wildman–Crippen LogP) is 8.01. The van der Waals surface area contributed by atoms with Crippen LogP contribution in [0.2, 0.25) is 0 Å². The van der Waals surface area contributed by atoms with Crippen LogP contribution < -0.4 is 0 Å². The standard InChI is InChI=1S/C22H22FN5O4.C14H16BrN3O4.C9H9FN2/c1-22(2,3)21(30)32-11-28-10-14(20(29)31-5)18-19(28)24-9-15(25-18)17-13-7-6-12(23)8-16(13)27(4)26-17;1-14(2,3)13(20)22-7-18-6-8(12(19)21-4)10-11(18)16-5-9(15)17-10;1-6-8-4-3-7(10)5-9(8)12(2)11-6/h6-10H,11H2,1-5H3;5-6H,7H2,1-4H3;3-5H,1-2H3. The highest BCUT2D eigenvalue weighted by Gasteiger charge is 2.27. The van der Waals surface area contributed by atoms with Crippen molar-refractivity contribution in [2.45, 2.75) is 61.9 Å². The summed E-state index contributed by atoms with van der Waals surface area (Å²) in [4.78, 5) is 65.7. The monoisotopic (exact) mass is 972 g/mol. The Morgan fingerprint density at radius 1 is 0.667 bits per heavy atom. The van der Waals surface area contributed by atoms with E-state index in [9.17, 15) is 28.0 Å². The topological polar surface area (TPSA) is 202 Å². The number of hydrogen-bond donors (Lipinski definition) is 0. The molecule has 21 heteroatoms. The van der Waals surface area contributed by atoms with Crippen LogP contribution in [0.5, 0.6) is 0 Å². The highest BCUT2D eigenvalue weighted by molar-refractivity contribution is 9.10. The van der Waals surface area contributed by atoms with E-state index in [0.29, 0.717) is 43.7 Å². The fourth-order valence-corrected chi connectivity index (χ4v) is 6.71. The number of fused-ring (bicyclic) bond motifs is 4. The average molecular weight is 974 g/mol. The van der Waals surface area contributed by atoms with E-state index in [1.54, 1.807) is 74.7 Å². The molecule has 8 rings (SSSR count). The summed E-state index contributed by atoms with van der Waals surface area (Å²) in [6, 6.07) is 9.06. The Morgan fingerprint density at radius 3 is 1.62 bits per heavy atom. The maximum absolute atomic E-state index is 13.7. The van der Waals surface area contributed by atoms with Crippen molar-refractivity contribution < 1.29 is 46.9 Å². The number of carbonyl (C=O) groups is 4. The highest BCUT2D eigenvalue weighted by Crippen LogP contribution is 2.30. The van der Waals surface area contributed by atoms with E-state index in [1.807, 2.05) is 14.0 Å². The number of aromatic nitrogens is 10. The van der Waals surface area contributed by atoms with E-state index < -0.39 is 28.7 Å². The van der Waals surface area contributed by atoms with E-state index in [4.69, 9.17) is 18.9 Å². The second kappa shape index (κ2) is 19.1. The zero-order valence-electron chi connectivity index (χ0n) is 38.1. The fraction of sp³-hybridized carbons (Fsp3) is 0.333. The molecule has 0 unspecified atom stereocenters. The van der Waals surface area contributed by atoms with E-state index >= 15 is 0 Å². The normalized spacial score (nSPS) is 11.5. The van der Waals surface area contributed by atoms with Crippen molar-refractivity contribution in [3.63, 3.8) is 0 Å². The Labute approximate surface area is 385 Å². The van der Waals surface area contributed by atoms with Crippen molar-refractivity contribution >= 4 is 83.9 Å². The largest absolute Gasteiger partial charge is 0.465 e. The van der Waals surface area contributed by atoms with E-state index in [1.165, 1.54) is 67.8 Å². The molecular weight excluding hydrogens is 926 g/mol. The maximum Gasteiger partial charge on any atom is 0.341 e. The lowest BCUT2D eigenvalue weighted by Gasteiger charge is -2.16. The first-order valence-corrected chi connectivity index (χ1v) is 20.9. The lowest BCUT2D eigenvalue weighted by molar-refractivity contribution is -0.157. The maximum atomic E-state index is 13.7. The number of aryl methyl sites for hydroxylation is 3. The lowest BCUT2D eigenvalue weighted by atomic mass is 9.97. The molecule has 0 saturated carbocycles. The summed E-state index contributed by atoms with van der Waals surface area (Å²) in [7, 11) is 6.08.